The number of hydrogen-bond acceptors (Lipinski definition) is 5. The number of anilines is 1. The number of aromatic nitrogens is 3. The summed E-state index contributed by atoms with van der Waals surface area (Å²) in [5.74, 6) is 0.0433. The first-order valence-corrected chi connectivity index (χ1v) is 7.22. The number of aromatic amines is 1. The van der Waals surface area contributed by atoms with Gasteiger partial charge in [-0.25, -0.2) is 9.82 Å². The van der Waals surface area contributed by atoms with E-state index in [0.29, 0.717) is 13.2 Å². The Labute approximate surface area is 107 Å². The van der Waals surface area contributed by atoms with Gasteiger partial charge in [0.2, 0.25) is 5.95 Å². The molecule has 18 heavy (non-hydrogen) atoms. The maximum absolute atomic E-state index is 11.9. The van der Waals surface area contributed by atoms with E-state index < -0.39 is 10.2 Å². The molecule has 0 spiro atoms. The molecule has 0 unspecified atom stereocenters. The van der Waals surface area contributed by atoms with Gasteiger partial charge in [-0.15, -0.1) is 5.10 Å². The van der Waals surface area contributed by atoms with Crippen molar-refractivity contribution in [1.82, 2.24) is 19.5 Å². The Morgan fingerprint density at radius 2 is 2.17 bits per heavy atom. The van der Waals surface area contributed by atoms with Gasteiger partial charge >= 0.3 is 16.2 Å². The van der Waals surface area contributed by atoms with E-state index in [1.54, 1.807) is 6.92 Å². The molecule has 0 saturated heterocycles. The molecule has 1 aromatic rings. The molecule has 8 nitrogen and oxygen atoms in total. The summed E-state index contributed by atoms with van der Waals surface area (Å²) in [7, 11) is -2.08. The van der Waals surface area contributed by atoms with Crippen LogP contribution in [0.4, 0.5) is 5.95 Å². The van der Waals surface area contributed by atoms with E-state index in [1.807, 2.05) is 6.92 Å². The van der Waals surface area contributed by atoms with Crippen LogP contribution in [-0.4, -0.2) is 48.1 Å². The van der Waals surface area contributed by atoms with Crippen molar-refractivity contribution < 1.29 is 13.2 Å². The Balaban J connectivity index is 2.63. The predicted molar refractivity (Wildman–Crippen MR) is 67.6 cm³/mol. The van der Waals surface area contributed by atoms with Crippen molar-refractivity contribution >= 4 is 16.2 Å². The Bertz CT molecular complexity index is 459. The van der Waals surface area contributed by atoms with E-state index in [2.05, 4.69) is 19.9 Å². The fourth-order valence-electron chi connectivity index (χ4n) is 1.19. The van der Waals surface area contributed by atoms with Crippen molar-refractivity contribution in [2.75, 3.05) is 24.9 Å². The lowest BCUT2D eigenvalue weighted by Gasteiger charge is -2.16. The highest BCUT2D eigenvalue weighted by Gasteiger charge is 2.18. The van der Waals surface area contributed by atoms with E-state index in [9.17, 15) is 8.42 Å². The molecule has 0 atom stereocenters. The second-order valence-corrected chi connectivity index (χ2v) is 5.46. The normalized spacial score (nSPS) is 11.8. The van der Waals surface area contributed by atoms with Crippen LogP contribution < -0.4 is 9.46 Å². The minimum absolute atomic E-state index is 0.0433. The molecule has 0 aliphatic rings. The van der Waals surface area contributed by atoms with E-state index >= 15 is 0 Å². The summed E-state index contributed by atoms with van der Waals surface area (Å²) in [6.07, 6.45) is 1.73. The fourth-order valence-corrected chi connectivity index (χ4v) is 2.05. The third-order valence-corrected chi connectivity index (χ3v) is 3.66. The Morgan fingerprint density at radius 3 is 2.78 bits per heavy atom. The minimum Gasteiger partial charge on any atom is -0.463 e. The van der Waals surface area contributed by atoms with Crippen molar-refractivity contribution in [2.45, 2.75) is 26.7 Å². The highest BCUT2D eigenvalue weighted by molar-refractivity contribution is 7.90. The number of rotatable bonds is 8. The number of nitrogens with one attached hydrogen (secondary N) is 2. The number of hydrogen-bond donors (Lipinski definition) is 2. The largest absolute Gasteiger partial charge is 0.463 e. The van der Waals surface area contributed by atoms with Crippen LogP contribution in [0.2, 0.25) is 0 Å². The van der Waals surface area contributed by atoms with Crippen molar-refractivity contribution in [3.05, 3.63) is 0 Å². The van der Waals surface area contributed by atoms with Crippen LogP contribution in [0, 0.1) is 0 Å². The number of nitrogens with zero attached hydrogens (tertiary/aromatic N) is 3. The third kappa shape index (κ3) is 4.15. The first-order chi connectivity index (χ1) is 8.49. The van der Waals surface area contributed by atoms with E-state index in [4.69, 9.17) is 4.74 Å². The van der Waals surface area contributed by atoms with Gasteiger partial charge in [0.15, 0.2) is 0 Å². The van der Waals surface area contributed by atoms with Gasteiger partial charge in [-0.05, 0) is 13.3 Å². The minimum atomic E-state index is -3.59. The summed E-state index contributed by atoms with van der Waals surface area (Å²) in [5, 5.41) is 6.16. The monoisotopic (exact) mass is 277 g/mol. The lowest BCUT2D eigenvalue weighted by atomic mass is 10.3. The molecule has 0 aliphatic heterocycles. The van der Waals surface area contributed by atoms with Crippen LogP contribution in [-0.2, 0) is 10.2 Å². The smallest absolute Gasteiger partial charge is 0.337 e. The zero-order valence-corrected chi connectivity index (χ0v) is 11.6. The molecule has 1 rings (SSSR count). The summed E-state index contributed by atoms with van der Waals surface area (Å²) >= 11 is 0. The second kappa shape index (κ2) is 6.55. The molecule has 0 aliphatic carbocycles. The summed E-state index contributed by atoms with van der Waals surface area (Å²) in [6, 6.07) is 0.117. The third-order valence-electron chi connectivity index (χ3n) is 2.20. The number of ether oxygens (including phenoxy) is 1. The van der Waals surface area contributed by atoms with Crippen LogP contribution in [0.1, 0.15) is 26.7 Å². The van der Waals surface area contributed by atoms with Gasteiger partial charge in [-0.1, -0.05) is 13.3 Å². The molecule has 0 saturated carbocycles. The summed E-state index contributed by atoms with van der Waals surface area (Å²) < 4.78 is 32.3. The highest BCUT2D eigenvalue weighted by atomic mass is 32.2. The first-order valence-electron chi connectivity index (χ1n) is 5.78. The fraction of sp³-hybridized carbons (Fsp3) is 0.778. The van der Waals surface area contributed by atoms with Gasteiger partial charge in [-0.3, -0.25) is 0 Å². The van der Waals surface area contributed by atoms with Gasteiger partial charge in [0.1, 0.15) is 0 Å². The Kier molecular flexibility index (Phi) is 5.35. The molecule has 9 heteroatoms. The molecule has 0 aromatic carbocycles. The maximum Gasteiger partial charge on any atom is 0.337 e. The standard InChI is InChI=1S/C9H19N5O3S/c1-4-6-7-14(3)18(15,16)13-8-10-9(12-11-8)17-5-2/h4-7H2,1-3H3,(H2,10,11,12,13). The zero-order chi connectivity index (χ0) is 13.6. The number of H-pyrrole nitrogens is 1. The molecule has 1 aromatic heterocycles. The zero-order valence-electron chi connectivity index (χ0n) is 10.8. The van der Waals surface area contributed by atoms with E-state index in [1.165, 1.54) is 11.4 Å². The average Bonchev–Trinajstić information content (AvgIpc) is 2.73. The van der Waals surface area contributed by atoms with Crippen LogP contribution in [0.15, 0.2) is 0 Å². The molecule has 0 fully saturated rings. The van der Waals surface area contributed by atoms with Gasteiger partial charge in [-0.2, -0.15) is 17.7 Å². The highest BCUT2D eigenvalue weighted by Crippen LogP contribution is 2.09. The van der Waals surface area contributed by atoms with Gasteiger partial charge in [0.25, 0.3) is 0 Å². The van der Waals surface area contributed by atoms with Crippen LogP contribution >= 0.6 is 0 Å². The maximum atomic E-state index is 11.9. The lowest BCUT2D eigenvalue weighted by molar-refractivity contribution is 0.314. The quantitative estimate of drug-likeness (QED) is 0.724. The Morgan fingerprint density at radius 1 is 1.44 bits per heavy atom. The van der Waals surface area contributed by atoms with Crippen LogP contribution in [0.25, 0.3) is 0 Å². The predicted octanol–water partition coefficient (Wildman–Crippen LogP) is 0.592. The molecule has 104 valence electrons. The SMILES string of the molecule is CCCCN(C)S(=O)(=O)Nc1nc(OCC)n[nH]1. The average molecular weight is 277 g/mol. The van der Waals surface area contributed by atoms with E-state index in [-0.39, 0.29) is 12.0 Å². The molecule has 2 N–H and O–H groups in total. The Hall–Kier alpha value is -1.35. The topological polar surface area (TPSA) is 100 Å². The van der Waals surface area contributed by atoms with Crippen molar-refractivity contribution in [3.8, 4) is 6.01 Å². The molecule has 0 amide bonds. The number of unbranched alkanes of at least 4 members (excludes halogenated alkanes) is 1. The van der Waals surface area contributed by atoms with Crippen LogP contribution in [0.5, 0.6) is 6.01 Å². The van der Waals surface area contributed by atoms with Gasteiger partial charge in [0.05, 0.1) is 6.61 Å². The molecular weight excluding hydrogens is 258 g/mol. The summed E-state index contributed by atoms with van der Waals surface area (Å²) in [6.45, 7) is 4.66. The molecule has 1 heterocycles. The van der Waals surface area contributed by atoms with Gasteiger partial charge in [0, 0.05) is 13.6 Å². The van der Waals surface area contributed by atoms with Gasteiger partial charge < -0.3 is 4.74 Å². The lowest BCUT2D eigenvalue weighted by Crippen LogP contribution is -2.33. The van der Waals surface area contributed by atoms with Crippen molar-refractivity contribution in [2.24, 2.45) is 0 Å². The van der Waals surface area contributed by atoms with Crippen molar-refractivity contribution in [1.29, 1.82) is 0 Å². The van der Waals surface area contributed by atoms with E-state index in [0.717, 1.165) is 12.8 Å². The molecule has 0 bridgehead atoms. The van der Waals surface area contributed by atoms with Crippen LogP contribution in [0.3, 0.4) is 0 Å². The summed E-state index contributed by atoms with van der Waals surface area (Å²) in [5.41, 5.74) is 0. The first kappa shape index (κ1) is 14.7. The molecule has 0 radical (unpaired) electrons. The second-order valence-electron chi connectivity index (χ2n) is 3.68. The van der Waals surface area contributed by atoms with Crippen molar-refractivity contribution in [3.63, 3.8) is 0 Å². The molecular formula is C9H19N5O3S. The summed E-state index contributed by atoms with van der Waals surface area (Å²) in [4.78, 5) is 3.84.